The molecule has 3 heterocycles. The average molecular weight is 577 g/mol. The minimum Gasteiger partial charge on any atom is -0.342 e. The number of nitrogens with two attached hydrogens (primary N) is 1. The van der Waals surface area contributed by atoms with Gasteiger partial charge in [0, 0.05) is 35.7 Å². The molecular formula is C35H34F2N6. The van der Waals surface area contributed by atoms with E-state index in [4.69, 9.17) is 10.7 Å². The van der Waals surface area contributed by atoms with Gasteiger partial charge in [0.1, 0.15) is 11.6 Å². The molecule has 3 aliphatic carbocycles. The molecule has 0 amide bonds. The van der Waals surface area contributed by atoms with E-state index in [1.807, 2.05) is 42.5 Å². The van der Waals surface area contributed by atoms with Crippen LogP contribution in [0.15, 0.2) is 60.8 Å². The Morgan fingerprint density at radius 1 is 0.884 bits per heavy atom. The maximum absolute atomic E-state index is 16.1. The number of nitrogens with zero attached hydrogens (tertiary/aromatic N) is 2. The summed E-state index contributed by atoms with van der Waals surface area (Å²) in [4.78, 5) is 16.3. The number of halogens is 2. The maximum atomic E-state index is 16.1. The van der Waals surface area contributed by atoms with Crippen molar-refractivity contribution >= 4 is 11.0 Å². The predicted molar refractivity (Wildman–Crippen MR) is 164 cm³/mol. The largest absolute Gasteiger partial charge is 0.342 e. The van der Waals surface area contributed by atoms with E-state index in [-0.39, 0.29) is 17.2 Å². The third-order valence-electron chi connectivity index (χ3n) is 10.5. The van der Waals surface area contributed by atoms with Crippen molar-refractivity contribution in [1.82, 2.24) is 25.3 Å². The summed E-state index contributed by atoms with van der Waals surface area (Å²) in [6.45, 7) is 1.03. The van der Waals surface area contributed by atoms with Gasteiger partial charge in [-0.1, -0.05) is 30.3 Å². The smallest absolute Gasteiger partial charge is 0.299 e. The number of aromatic amines is 2. The lowest BCUT2D eigenvalue weighted by atomic mass is 9.98. The Bertz CT molecular complexity index is 1900. The molecule has 0 radical (unpaired) electrons. The van der Waals surface area contributed by atoms with Gasteiger partial charge in [-0.25, -0.2) is 9.97 Å². The Labute approximate surface area is 248 Å². The fourth-order valence-corrected chi connectivity index (χ4v) is 7.81. The monoisotopic (exact) mass is 576 g/mol. The van der Waals surface area contributed by atoms with Crippen LogP contribution < -0.4 is 11.1 Å². The highest BCUT2D eigenvalue weighted by molar-refractivity contribution is 5.86. The van der Waals surface area contributed by atoms with Crippen LogP contribution in [-0.2, 0) is 12.3 Å². The molecule has 4 aliphatic rings. The average Bonchev–Trinajstić information content (AvgIpc) is 3.51. The highest BCUT2D eigenvalue weighted by atomic mass is 19.3. The lowest BCUT2D eigenvalue weighted by Gasteiger charge is -2.14. The van der Waals surface area contributed by atoms with Crippen molar-refractivity contribution in [2.75, 3.05) is 6.54 Å². The number of fused-ring (bicyclic) bond motifs is 4. The molecule has 6 nitrogen and oxygen atoms in total. The van der Waals surface area contributed by atoms with Crippen molar-refractivity contribution in [3.05, 3.63) is 83.6 Å². The van der Waals surface area contributed by atoms with Gasteiger partial charge >= 0.3 is 0 Å². The van der Waals surface area contributed by atoms with E-state index in [0.29, 0.717) is 28.5 Å². The molecule has 8 heteroatoms. The fraction of sp³-hybridized carbons (Fsp3) is 0.371. The number of aromatic nitrogens is 4. The quantitative estimate of drug-likeness (QED) is 0.178. The standard InChI is InChI=1S/C35H34F2N6/c36-35(37)26-13-20(21-4-8-28-29(15-21)42-32(41-28)12-19-1-5-23(38)11-19)2-6-24(26)25-7-3-22(14-27(25)35)31-17-39-33(43-31)30-16-34(9-10-34)18-40-30/h2-4,6-8,13-15,17,19,23,30,40H,1,5,9-12,16,18,38H2,(H,39,43)(H,41,42)/t19-,23+,30-/m0/s1. The van der Waals surface area contributed by atoms with Crippen molar-refractivity contribution in [2.45, 2.75) is 63.0 Å². The van der Waals surface area contributed by atoms with Crippen molar-refractivity contribution in [2.24, 2.45) is 17.1 Å². The molecule has 1 spiro atoms. The molecule has 5 aromatic rings. The van der Waals surface area contributed by atoms with Crippen LogP contribution >= 0.6 is 0 Å². The van der Waals surface area contributed by atoms with Crippen LogP contribution in [0.25, 0.3) is 44.5 Å². The molecule has 3 fully saturated rings. The van der Waals surface area contributed by atoms with E-state index in [1.165, 1.54) is 12.8 Å². The normalized spacial score (nSPS) is 24.6. The number of hydrogen-bond acceptors (Lipinski definition) is 4. The first-order valence-corrected chi connectivity index (χ1v) is 15.5. The number of hydrogen-bond donors (Lipinski definition) is 4. The second-order valence-electron chi connectivity index (χ2n) is 13.5. The van der Waals surface area contributed by atoms with E-state index in [1.54, 1.807) is 18.3 Å². The summed E-state index contributed by atoms with van der Waals surface area (Å²) in [6.07, 6.45) is 9.56. The molecule has 0 unspecified atom stereocenters. The number of benzene rings is 3. The molecule has 1 saturated heterocycles. The molecule has 2 saturated carbocycles. The summed E-state index contributed by atoms with van der Waals surface area (Å²) in [5, 5.41) is 3.58. The third kappa shape index (κ3) is 4.18. The Kier molecular flexibility index (Phi) is 5.40. The summed E-state index contributed by atoms with van der Waals surface area (Å²) in [7, 11) is 0. The van der Waals surface area contributed by atoms with Crippen LogP contribution in [0.1, 0.15) is 67.3 Å². The summed E-state index contributed by atoms with van der Waals surface area (Å²) >= 11 is 0. The summed E-state index contributed by atoms with van der Waals surface area (Å²) in [5.74, 6) is -0.680. The van der Waals surface area contributed by atoms with Gasteiger partial charge in [0.05, 0.1) is 29.0 Å². The fourth-order valence-electron chi connectivity index (χ4n) is 7.81. The second-order valence-corrected chi connectivity index (χ2v) is 13.5. The second kappa shape index (κ2) is 9.07. The summed E-state index contributed by atoms with van der Waals surface area (Å²) in [6, 6.07) is 17.3. The number of rotatable bonds is 5. The van der Waals surface area contributed by atoms with Gasteiger partial charge in [-0.3, -0.25) is 0 Å². The summed E-state index contributed by atoms with van der Waals surface area (Å²) in [5.41, 5.74) is 12.8. The van der Waals surface area contributed by atoms with E-state index in [9.17, 15) is 0 Å². The number of imidazole rings is 2. The van der Waals surface area contributed by atoms with E-state index < -0.39 is 5.92 Å². The van der Waals surface area contributed by atoms with Crippen LogP contribution in [0.2, 0.25) is 0 Å². The molecule has 43 heavy (non-hydrogen) atoms. The lowest BCUT2D eigenvalue weighted by Crippen LogP contribution is -2.15. The number of alkyl halides is 2. The Morgan fingerprint density at radius 3 is 2.37 bits per heavy atom. The van der Waals surface area contributed by atoms with Crippen molar-refractivity contribution in [3.63, 3.8) is 0 Å². The van der Waals surface area contributed by atoms with Crippen molar-refractivity contribution in [3.8, 4) is 33.5 Å². The Morgan fingerprint density at radius 2 is 1.63 bits per heavy atom. The zero-order chi connectivity index (χ0) is 28.9. The molecule has 9 rings (SSSR count). The van der Waals surface area contributed by atoms with Crippen LogP contribution in [-0.4, -0.2) is 32.5 Å². The molecule has 1 aliphatic heterocycles. The topological polar surface area (TPSA) is 95.4 Å². The minimum absolute atomic E-state index is 0.0458. The van der Waals surface area contributed by atoms with E-state index in [2.05, 4.69) is 20.3 Å². The van der Waals surface area contributed by atoms with Crippen LogP contribution in [0.5, 0.6) is 0 Å². The number of H-pyrrole nitrogens is 2. The molecular weight excluding hydrogens is 542 g/mol. The first-order chi connectivity index (χ1) is 20.8. The van der Waals surface area contributed by atoms with Crippen LogP contribution in [0.4, 0.5) is 8.78 Å². The SMILES string of the molecule is N[C@@H]1CC[C@H](Cc2nc3ccc(-c4ccc5c(c4)C(F)(F)c4cc(-c6cnc([C@@H]7CC8(CC8)CN7)[nH]6)ccc4-5)cc3[nH]2)C1. The van der Waals surface area contributed by atoms with Gasteiger partial charge < -0.3 is 21.0 Å². The van der Waals surface area contributed by atoms with Crippen molar-refractivity contribution < 1.29 is 8.78 Å². The third-order valence-corrected chi connectivity index (χ3v) is 10.5. The molecule has 218 valence electrons. The van der Waals surface area contributed by atoms with Gasteiger partial charge in [0.25, 0.3) is 5.92 Å². The predicted octanol–water partition coefficient (Wildman–Crippen LogP) is 7.23. The number of nitrogens with one attached hydrogen (secondary N) is 3. The van der Waals surface area contributed by atoms with Crippen molar-refractivity contribution in [1.29, 1.82) is 0 Å². The van der Waals surface area contributed by atoms with Gasteiger partial charge in [-0.15, -0.1) is 0 Å². The van der Waals surface area contributed by atoms with Gasteiger partial charge in [0.15, 0.2) is 0 Å². The first-order valence-electron chi connectivity index (χ1n) is 15.5. The van der Waals surface area contributed by atoms with Gasteiger partial charge in [-0.05, 0) is 96.4 Å². The minimum atomic E-state index is -3.10. The molecule has 3 aromatic carbocycles. The first kappa shape index (κ1) is 25.6. The molecule has 0 bridgehead atoms. The molecule has 2 aromatic heterocycles. The molecule has 5 N–H and O–H groups in total. The zero-order valence-electron chi connectivity index (χ0n) is 23.9. The van der Waals surface area contributed by atoms with Gasteiger partial charge in [-0.2, -0.15) is 8.78 Å². The highest BCUT2D eigenvalue weighted by Gasteiger charge is 2.49. The Balaban J connectivity index is 0.996. The van der Waals surface area contributed by atoms with Crippen LogP contribution in [0.3, 0.4) is 0 Å². The van der Waals surface area contributed by atoms with Crippen LogP contribution in [0, 0.1) is 11.3 Å². The lowest BCUT2D eigenvalue weighted by molar-refractivity contribution is 0.0481. The van der Waals surface area contributed by atoms with Gasteiger partial charge in [0.2, 0.25) is 0 Å². The van der Waals surface area contributed by atoms with E-state index in [0.717, 1.165) is 83.7 Å². The Hall–Kier alpha value is -3.88. The highest BCUT2D eigenvalue weighted by Crippen LogP contribution is 2.55. The zero-order valence-corrected chi connectivity index (χ0v) is 23.9. The summed E-state index contributed by atoms with van der Waals surface area (Å²) < 4.78 is 32.2. The molecule has 3 atom stereocenters. The van der Waals surface area contributed by atoms with E-state index >= 15 is 8.78 Å². The maximum Gasteiger partial charge on any atom is 0.299 e.